The number of hydrogen-bond acceptors (Lipinski definition) is 5. The first-order chi connectivity index (χ1) is 16.2. The molecule has 1 aliphatic rings. The summed E-state index contributed by atoms with van der Waals surface area (Å²) in [6.45, 7) is 3.70. The lowest BCUT2D eigenvalue weighted by molar-refractivity contribution is -0.129. The van der Waals surface area contributed by atoms with Gasteiger partial charge in [-0.05, 0) is 49.1 Å². The summed E-state index contributed by atoms with van der Waals surface area (Å²) in [5.41, 5.74) is 3.94. The predicted molar refractivity (Wildman–Crippen MR) is 130 cm³/mol. The van der Waals surface area contributed by atoms with E-state index in [0.29, 0.717) is 11.0 Å². The largest absolute Gasteiger partial charge is 0.341 e. The topological polar surface area (TPSA) is 63.9 Å². The Morgan fingerprint density at radius 3 is 2.42 bits per heavy atom. The zero-order valence-electron chi connectivity index (χ0n) is 18.5. The summed E-state index contributed by atoms with van der Waals surface area (Å²) < 4.78 is 2.05. The van der Waals surface area contributed by atoms with Crippen molar-refractivity contribution in [3.63, 3.8) is 0 Å². The molecule has 0 saturated carbocycles. The van der Waals surface area contributed by atoms with Gasteiger partial charge < -0.3 is 4.90 Å². The maximum atomic E-state index is 13.6. The van der Waals surface area contributed by atoms with Crippen LogP contribution in [0.1, 0.15) is 29.2 Å². The molecule has 2 aromatic heterocycles. The smallest absolute Gasteiger partial charge is 0.240 e. The number of likely N-dealkylation sites (tertiary alicyclic amines) is 1. The van der Waals surface area contributed by atoms with E-state index in [1.807, 2.05) is 64.1 Å². The minimum absolute atomic E-state index is 0.131. The summed E-state index contributed by atoms with van der Waals surface area (Å²) in [5, 5.41) is 9.39. The first-order valence-electron chi connectivity index (χ1n) is 11.1. The average molecular weight is 456 g/mol. The Balaban J connectivity index is 1.61. The summed E-state index contributed by atoms with van der Waals surface area (Å²) in [7, 11) is 0. The monoisotopic (exact) mass is 455 g/mol. The fraction of sp³-hybridized carbons (Fsp3) is 0.231. The molecule has 0 spiro atoms. The third-order valence-electron chi connectivity index (χ3n) is 5.88. The minimum Gasteiger partial charge on any atom is -0.341 e. The Morgan fingerprint density at radius 2 is 1.70 bits per heavy atom. The molecular weight excluding hydrogens is 430 g/mol. The van der Waals surface area contributed by atoms with Crippen LogP contribution in [-0.4, -0.2) is 43.6 Å². The molecule has 1 amide bonds. The molecule has 1 unspecified atom stereocenters. The van der Waals surface area contributed by atoms with Gasteiger partial charge in [-0.3, -0.25) is 14.3 Å². The van der Waals surface area contributed by atoms with Crippen molar-refractivity contribution in [2.75, 3.05) is 13.1 Å². The van der Waals surface area contributed by atoms with Crippen molar-refractivity contribution in [2.45, 2.75) is 30.2 Å². The predicted octanol–water partition coefficient (Wildman–Crippen LogP) is 5.09. The molecule has 3 heterocycles. The minimum atomic E-state index is -0.391. The fourth-order valence-corrected chi connectivity index (χ4v) is 5.29. The molecule has 1 aliphatic heterocycles. The molecule has 33 heavy (non-hydrogen) atoms. The number of carbonyl (C=O) groups is 1. The van der Waals surface area contributed by atoms with E-state index < -0.39 is 5.25 Å². The Hall–Kier alpha value is -3.45. The highest BCUT2D eigenvalue weighted by Crippen LogP contribution is 2.39. The fourth-order valence-electron chi connectivity index (χ4n) is 4.16. The van der Waals surface area contributed by atoms with Crippen LogP contribution < -0.4 is 0 Å². The van der Waals surface area contributed by atoms with E-state index >= 15 is 0 Å². The zero-order valence-corrected chi connectivity index (χ0v) is 19.3. The lowest BCUT2D eigenvalue weighted by Gasteiger charge is -2.23. The summed E-state index contributed by atoms with van der Waals surface area (Å²) in [6.07, 6.45) is 5.65. The van der Waals surface area contributed by atoms with Gasteiger partial charge in [0.25, 0.3) is 0 Å². The second-order valence-electron chi connectivity index (χ2n) is 8.11. The number of thioether (sulfide) groups is 1. The van der Waals surface area contributed by atoms with Crippen molar-refractivity contribution in [1.29, 1.82) is 0 Å². The number of aromatic nitrogens is 4. The number of pyridine rings is 1. The molecule has 1 fully saturated rings. The molecule has 0 N–H and O–H groups in total. The molecule has 4 aromatic rings. The van der Waals surface area contributed by atoms with E-state index in [2.05, 4.69) is 34.2 Å². The summed E-state index contributed by atoms with van der Waals surface area (Å²) in [4.78, 5) is 19.8. The molecule has 7 heteroatoms. The Kier molecular flexibility index (Phi) is 6.21. The first kappa shape index (κ1) is 21.4. The van der Waals surface area contributed by atoms with Crippen LogP contribution in [0.4, 0.5) is 0 Å². The highest BCUT2D eigenvalue weighted by molar-refractivity contribution is 8.00. The molecule has 0 bridgehead atoms. The average Bonchev–Trinajstić information content (AvgIpc) is 3.54. The number of benzene rings is 2. The highest BCUT2D eigenvalue weighted by Gasteiger charge is 2.31. The standard InChI is InChI=1S/C26H25N5OS/c1-19-10-5-6-14-22(19)31-24(21-13-9-15-27-18-21)28-29-26(31)33-23(20-11-3-2-4-12-20)25(32)30-16-7-8-17-30/h2-6,9-15,18,23H,7-8,16-17H2,1H3. The lowest BCUT2D eigenvalue weighted by Crippen LogP contribution is -2.31. The van der Waals surface area contributed by atoms with Gasteiger partial charge in [-0.2, -0.15) is 0 Å². The van der Waals surface area contributed by atoms with Crippen LogP contribution in [0.2, 0.25) is 0 Å². The van der Waals surface area contributed by atoms with E-state index in [1.54, 1.807) is 12.4 Å². The molecule has 1 saturated heterocycles. The number of aryl methyl sites for hydroxylation is 1. The zero-order chi connectivity index (χ0) is 22.6. The number of nitrogens with zero attached hydrogens (tertiary/aromatic N) is 5. The van der Waals surface area contributed by atoms with Gasteiger partial charge in [0.05, 0.1) is 5.69 Å². The number of para-hydroxylation sites is 1. The van der Waals surface area contributed by atoms with Crippen LogP contribution in [0.25, 0.3) is 17.1 Å². The number of hydrogen-bond donors (Lipinski definition) is 0. The van der Waals surface area contributed by atoms with Crippen LogP contribution in [0.5, 0.6) is 0 Å². The van der Waals surface area contributed by atoms with Crippen molar-refractivity contribution in [1.82, 2.24) is 24.6 Å². The number of carbonyl (C=O) groups excluding carboxylic acids is 1. The molecule has 166 valence electrons. The van der Waals surface area contributed by atoms with Gasteiger partial charge in [0, 0.05) is 31.0 Å². The lowest BCUT2D eigenvalue weighted by atomic mass is 10.1. The normalized spacial score (nSPS) is 14.4. The Labute approximate surface area is 197 Å². The maximum Gasteiger partial charge on any atom is 0.240 e. The van der Waals surface area contributed by atoms with Gasteiger partial charge in [0.15, 0.2) is 11.0 Å². The molecule has 0 radical (unpaired) electrons. The molecule has 5 rings (SSSR count). The van der Waals surface area contributed by atoms with E-state index in [9.17, 15) is 4.79 Å². The molecule has 2 aromatic carbocycles. The van der Waals surface area contributed by atoms with Gasteiger partial charge in [0.2, 0.25) is 5.91 Å². The second-order valence-corrected chi connectivity index (χ2v) is 9.18. The van der Waals surface area contributed by atoms with Crippen LogP contribution in [0.3, 0.4) is 0 Å². The Bertz CT molecular complexity index is 1240. The number of amides is 1. The SMILES string of the molecule is Cc1ccccc1-n1c(SC(C(=O)N2CCCC2)c2ccccc2)nnc1-c1cccnc1. The highest BCUT2D eigenvalue weighted by atomic mass is 32.2. The summed E-state index contributed by atoms with van der Waals surface area (Å²) >= 11 is 1.46. The Morgan fingerprint density at radius 1 is 0.939 bits per heavy atom. The quantitative estimate of drug-likeness (QED) is 0.379. The van der Waals surface area contributed by atoms with Crippen molar-refractivity contribution >= 4 is 17.7 Å². The van der Waals surface area contributed by atoms with E-state index in [-0.39, 0.29) is 5.91 Å². The van der Waals surface area contributed by atoms with E-state index in [1.165, 1.54) is 11.8 Å². The van der Waals surface area contributed by atoms with Gasteiger partial charge in [-0.15, -0.1) is 10.2 Å². The summed E-state index contributed by atoms with van der Waals surface area (Å²) in [6, 6.07) is 22.0. The van der Waals surface area contributed by atoms with Crippen LogP contribution in [0.15, 0.2) is 84.3 Å². The van der Waals surface area contributed by atoms with Gasteiger partial charge in [-0.1, -0.05) is 60.3 Å². The maximum absolute atomic E-state index is 13.6. The molecular formula is C26H25N5OS. The molecule has 6 nitrogen and oxygen atoms in total. The third-order valence-corrected chi connectivity index (χ3v) is 7.06. The number of rotatable bonds is 6. The third kappa shape index (κ3) is 4.41. The van der Waals surface area contributed by atoms with Crippen LogP contribution in [-0.2, 0) is 4.79 Å². The molecule has 0 aliphatic carbocycles. The van der Waals surface area contributed by atoms with Crippen molar-refractivity contribution in [3.8, 4) is 17.1 Å². The van der Waals surface area contributed by atoms with Gasteiger partial charge >= 0.3 is 0 Å². The van der Waals surface area contributed by atoms with Crippen molar-refractivity contribution in [3.05, 3.63) is 90.3 Å². The van der Waals surface area contributed by atoms with E-state index in [0.717, 1.165) is 48.3 Å². The van der Waals surface area contributed by atoms with Gasteiger partial charge in [0.1, 0.15) is 5.25 Å². The van der Waals surface area contributed by atoms with Gasteiger partial charge in [-0.25, -0.2) is 0 Å². The van der Waals surface area contributed by atoms with Crippen LogP contribution >= 0.6 is 11.8 Å². The second kappa shape index (κ2) is 9.58. The first-order valence-corrected chi connectivity index (χ1v) is 12.0. The van der Waals surface area contributed by atoms with Crippen LogP contribution in [0, 0.1) is 6.92 Å². The summed E-state index contributed by atoms with van der Waals surface area (Å²) in [5.74, 6) is 0.839. The van der Waals surface area contributed by atoms with Crippen molar-refractivity contribution < 1.29 is 4.79 Å². The molecule has 1 atom stereocenters. The van der Waals surface area contributed by atoms with Crippen molar-refractivity contribution in [2.24, 2.45) is 0 Å². The van der Waals surface area contributed by atoms with E-state index in [4.69, 9.17) is 0 Å².